The van der Waals surface area contributed by atoms with E-state index in [-0.39, 0.29) is 0 Å². The molecule has 3 heteroatoms. The average molecular weight is 203 g/mol. The first-order chi connectivity index (χ1) is 7.33. The van der Waals surface area contributed by atoms with Crippen molar-refractivity contribution in [3.05, 3.63) is 17.6 Å². The first-order valence-electron chi connectivity index (χ1n) is 5.92. The fraction of sp³-hybridized carbons (Fsp3) is 0.667. The Bertz CT molecular complexity index is 369. The number of hydrogen-bond acceptors (Lipinski definition) is 3. The number of aryl methyl sites for hydroxylation is 1. The lowest BCUT2D eigenvalue weighted by molar-refractivity contribution is 0.308. The maximum Gasteiger partial charge on any atom is 0.133 e. The smallest absolute Gasteiger partial charge is 0.133 e. The molecule has 1 N–H and O–H groups in total. The first-order valence-corrected chi connectivity index (χ1v) is 5.92. The quantitative estimate of drug-likeness (QED) is 0.800. The highest BCUT2D eigenvalue weighted by molar-refractivity contribution is 5.48. The zero-order valence-corrected chi connectivity index (χ0v) is 9.16. The molecule has 80 valence electrons. The van der Waals surface area contributed by atoms with E-state index in [0.717, 1.165) is 24.6 Å². The van der Waals surface area contributed by atoms with Crippen molar-refractivity contribution in [1.82, 2.24) is 9.97 Å². The molecule has 2 aliphatic rings. The summed E-state index contributed by atoms with van der Waals surface area (Å²) in [5.41, 5.74) is 2.64. The van der Waals surface area contributed by atoms with Gasteiger partial charge in [-0.15, -0.1) is 0 Å². The summed E-state index contributed by atoms with van der Waals surface area (Å²) in [7, 11) is 0. The number of hydrogen-bond donors (Lipinski definition) is 1. The highest BCUT2D eigenvalue weighted by Gasteiger charge is 2.27. The molecule has 3 rings (SSSR count). The summed E-state index contributed by atoms with van der Waals surface area (Å²) >= 11 is 0. The van der Waals surface area contributed by atoms with Crippen LogP contribution >= 0.6 is 0 Å². The Morgan fingerprint density at radius 1 is 1.27 bits per heavy atom. The summed E-state index contributed by atoms with van der Waals surface area (Å²) < 4.78 is 0. The van der Waals surface area contributed by atoms with Gasteiger partial charge in [-0.3, -0.25) is 0 Å². The Morgan fingerprint density at radius 2 is 2.13 bits per heavy atom. The van der Waals surface area contributed by atoms with Crippen LogP contribution in [0.2, 0.25) is 0 Å². The molecule has 0 atom stereocenters. The molecule has 1 heterocycles. The third-order valence-corrected chi connectivity index (χ3v) is 3.59. The second-order valence-electron chi connectivity index (χ2n) is 4.92. The Balaban J connectivity index is 1.77. The second kappa shape index (κ2) is 3.47. The van der Waals surface area contributed by atoms with Crippen molar-refractivity contribution in [2.24, 2.45) is 5.92 Å². The molecule has 15 heavy (non-hydrogen) atoms. The topological polar surface area (TPSA) is 37.8 Å². The molecule has 1 aromatic heterocycles. The van der Waals surface area contributed by atoms with Gasteiger partial charge in [0.1, 0.15) is 12.1 Å². The minimum absolute atomic E-state index is 0.652. The van der Waals surface area contributed by atoms with E-state index >= 15 is 0 Å². The molecule has 0 amide bonds. The normalized spacial score (nSPS) is 28.3. The van der Waals surface area contributed by atoms with Gasteiger partial charge in [-0.25, -0.2) is 9.97 Å². The zero-order chi connectivity index (χ0) is 10.3. The van der Waals surface area contributed by atoms with Gasteiger partial charge in [0, 0.05) is 17.3 Å². The summed E-state index contributed by atoms with van der Waals surface area (Å²) in [4.78, 5) is 8.71. The van der Waals surface area contributed by atoms with Crippen LogP contribution in [0.5, 0.6) is 0 Å². The molecule has 0 bridgehead atoms. The molecule has 0 saturated heterocycles. The second-order valence-corrected chi connectivity index (χ2v) is 4.92. The largest absolute Gasteiger partial charge is 0.367 e. The third-order valence-electron chi connectivity index (χ3n) is 3.59. The van der Waals surface area contributed by atoms with Crippen LogP contribution in [0, 0.1) is 5.92 Å². The van der Waals surface area contributed by atoms with Gasteiger partial charge >= 0.3 is 0 Å². The van der Waals surface area contributed by atoms with Crippen molar-refractivity contribution in [2.45, 2.75) is 45.1 Å². The summed E-state index contributed by atoms with van der Waals surface area (Å²) in [5.74, 6) is 1.99. The number of fused-ring (bicyclic) bond motifs is 1. The van der Waals surface area contributed by atoms with Gasteiger partial charge in [-0.2, -0.15) is 0 Å². The fourth-order valence-electron chi connectivity index (χ4n) is 2.70. The van der Waals surface area contributed by atoms with Gasteiger partial charge in [0.15, 0.2) is 0 Å². The first kappa shape index (κ1) is 9.13. The average Bonchev–Trinajstić information content (AvgIpc) is 2.64. The lowest BCUT2D eigenvalue weighted by Gasteiger charge is -2.34. The van der Waals surface area contributed by atoms with Gasteiger partial charge in [-0.1, -0.05) is 6.92 Å². The molecule has 2 aliphatic carbocycles. The van der Waals surface area contributed by atoms with Crippen molar-refractivity contribution in [1.29, 1.82) is 0 Å². The Morgan fingerprint density at radius 3 is 2.93 bits per heavy atom. The summed E-state index contributed by atoms with van der Waals surface area (Å²) in [6.45, 7) is 2.31. The van der Waals surface area contributed by atoms with Crippen LogP contribution < -0.4 is 5.32 Å². The van der Waals surface area contributed by atoms with Gasteiger partial charge in [0.25, 0.3) is 0 Å². The number of anilines is 1. The third kappa shape index (κ3) is 1.60. The van der Waals surface area contributed by atoms with Crippen LogP contribution in [0.3, 0.4) is 0 Å². The van der Waals surface area contributed by atoms with E-state index in [1.165, 1.54) is 30.5 Å². The van der Waals surface area contributed by atoms with Crippen LogP contribution in [0.4, 0.5) is 5.82 Å². The highest BCUT2D eigenvalue weighted by atomic mass is 15.1. The van der Waals surface area contributed by atoms with E-state index in [1.807, 2.05) is 0 Å². The summed E-state index contributed by atoms with van der Waals surface area (Å²) in [6, 6.07) is 0.652. The Hall–Kier alpha value is -1.12. The molecule has 0 unspecified atom stereocenters. The van der Waals surface area contributed by atoms with Crippen LogP contribution in [-0.4, -0.2) is 16.0 Å². The maximum atomic E-state index is 4.37. The van der Waals surface area contributed by atoms with E-state index in [0.29, 0.717) is 6.04 Å². The van der Waals surface area contributed by atoms with Crippen molar-refractivity contribution in [3.63, 3.8) is 0 Å². The van der Waals surface area contributed by atoms with E-state index in [4.69, 9.17) is 0 Å². The molecule has 3 nitrogen and oxygen atoms in total. The van der Waals surface area contributed by atoms with Crippen molar-refractivity contribution < 1.29 is 0 Å². The summed E-state index contributed by atoms with van der Waals surface area (Å²) in [6.07, 6.45) is 7.81. The molecule has 1 saturated carbocycles. The minimum atomic E-state index is 0.652. The number of aromatic nitrogens is 2. The van der Waals surface area contributed by atoms with E-state index < -0.39 is 0 Å². The number of rotatable bonds is 2. The molecular formula is C12H17N3. The lowest BCUT2D eigenvalue weighted by Crippen LogP contribution is -2.34. The Labute approximate surface area is 90.3 Å². The lowest BCUT2D eigenvalue weighted by atomic mass is 9.82. The molecular weight excluding hydrogens is 186 g/mol. The van der Waals surface area contributed by atoms with Gasteiger partial charge in [0.2, 0.25) is 0 Å². The van der Waals surface area contributed by atoms with Crippen LogP contribution in [0.25, 0.3) is 0 Å². The van der Waals surface area contributed by atoms with Gasteiger partial charge < -0.3 is 5.32 Å². The van der Waals surface area contributed by atoms with E-state index in [9.17, 15) is 0 Å². The summed E-state index contributed by atoms with van der Waals surface area (Å²) in [5, 5.41) is 3.56. The molecule has 1 fully saturated rings. The SMILES string of the molecule is CC1CC(Nc2ncnc3c2CCC3)C1. The zero-order valence-electron chi connectivity index (χ0n) is 9.16. The number of nitrogens with zero attached hydrogens (tertiary/aromatic N) is 2. The molecule has 0 spiro atoms. The van der Waals surface area contributed by atoms with Gasteiger partial charge in [-0.05, 0) is 38.0 Å². The molecule has 0 aliphatic heterocycles. The monoisotopic (exact) mass is 203 g/mol. The predicted molar refractivity (Wildman–Crippen MR) is 59.9 cm³/mol. The van der Waals surface area contributed by atoms with E-state index in [1.54, 1.807) is 6.33 Å². The minimum Gasteiger partial charge on any atom is -0.367 e. The standard InChI is InChI=1S/C12H17N3/c1-8-5-9(6-8)15-12-10-3-2-4-11(10)13-7-14-12/h7-9H,2-6H2,1H3,(H,13,14,15). The maximum absolute atomic E-state index is 4.37. The van der Waals surface area contributed by atoms with Crippen molar-refractivity contribution in [3.8, 4) is 0 Å². The molecule has 0 aromatic carbocycles. The van der Waals surface area contributed by atoms with E-state index in [2.05, 4.69) is 22.2 Å². The predicted octanol–water partition coefficient (Wildman–Crippen LogP) is 2.18. The van der Waals surface area contributed by atoms with Crippen molar-refractivity contribution >= 4 is 5.82 Å². The number of nitrogens with one attached hydrogen (secondary N) is 1. The molecule has 1 aromatic rings. The fourth-order valence-corrected chi connectivity index (χ4v) is 2.70. The van der Waals surface area contributed by atoms with Crippen LogP contribution in [0.15, 0.2) is 6.33 Å². The van der Waals surface area contributed by atoms with Crippen molar-refractivity contribution in [2.75, 3.05) is 5.32 Å². The van der Waals surface area contributed by atoms with Gasteiger partial charge in [0.05, 0.1) is 0 Å². The highest BCUT2D eigenvalue weighted by Crippen LogP contribution is 2.32. The molecule has 0 radical (unpaired) electrons. The van der Waals surface area contributed by atoms with Crippen LogP contribution in [0.1, 0.15) is 37.4 Å². The van der Waals surface area contributed by atoms with Crippen LogP contribution in [-0.2, 0) is 12.8 Å². The Kier molecular flexibility index (Phi) is 2.11.